The van der Waals surface area contributed by atoms with Gasteiger partial charge in [0.15, 0.2) is 0 Å². The van der Waals surface area contributed by atoms with Gasteiger partial charge in [-0.25, -0.2) is 0 Å². The van der Waals surface area contributed by atoms with Crippen LogP contribution in [-0.2, 0) is 0 Å². The average Bonchev–Trinajstić information content (AvgIpc) is 3.18. The lowest BCUT2D eigenvalue weighted by atomic mass is 9.44. The van der Waals surface area contributed by atoms with E-state index in [0.29, 0.717) is 22.9 Å². The van der Waals surface area contributed by atoms with E-state index in [9.17, 15) is 9.90 Å². The molecule has 0 spiro atoms. The Hall–Kier alpha value is -1.39. The molecule has 1 amide bonds. The Kier molecular flexibility index (Phi) is 6.38. The lowest BCUT2D eigenvalue weighted by Crippen LogP contribution is -2.61. The van der Waals surface area contributed by atoms with Crippen LogP contribution < -0.4 is 5.32 Å². The van der Waals surface area contributed by atoms with Crippen LogP contribution in [0.4, 0.5) is 0 Å². The molecule has 0 radical (unpaired) electrons. The maximum Gasteiger partial charge on any atom is 0.251 e. The number of nitrogens with zero attached hydrogens (tertiary/aromatic N) is 1. The summed E-state index contributed by atoms with van der Waals surface area (Å²) in [5.74, 6) is 3.41. The van der Waals surface area contributed by atoms with Crippen LogP contribution in [0.5, 0.6) is 0 Å². The fourth-order valence-electron chi connectivity index (χ4n) is 9.53. The van der Waals surface area contributed by atoms with Gasteiger partial charge in [0.2, 0.25) is 0 Å². The van der Waals surface area contributed by atoms with Gasteiger partial charge in [0.25, 0.3) is 5.91 Å². The molecule has 0 bridgehead atoms. The zero-order valence-electron chi connectivity index (χ0n) is 22.0. The van der Waals surface area contributed by atoms with Crippen LogP contribution in [0.3, 0.4) is 0 Å². The second kappa shape index (κ2) is 8.92. The number of amides is 1. The molecule has 34 heavy (non-hydrogen) atoms. The summed E-state index contributed by atoms with van der Waals surface area (Å²) in [5.41, 5.74) is 1.34. The average molecular weight is 467 g/mol. The number of rotatable bonds is 4. The van der Waals surface area contributed by atoms with Crippen molar-refractivity contribution in [1.29, 1.82) is 0 Å². The van der Waals surface area contributed by atoms with E-state index < -0.39 is 6.10 Å². The van der Waals surface area contributed by atoms with Gasteiger partial charge >= 0.3 is 0 Å². The van der Waals surface area contributed by atoms with E-state index in [0.717, 1.165) is 42.9 Å². The molecule has 1 aromatic rings. The molecule has 0 unspecified atom stereocenters. The van der Waals surface area contributed by atoms with Crippen molar-refractivity contribution in [2.45, 2.75) is 90.3 Å². The molecule has 0 saturated heterocycles. The van der Waals surface area contributed by atoms with Crippen molar-refractivity contribution in [3.63, 3.8) is 0 Å². The summed E-state index contributed by atoms with van der Waals surface area (Å²) in [7, 11) is 4.49. The number of fused-ring (bicyclic) bond motifs is 5. The Labute approximate surface area is 206 Å². The smallest absolute Gasteiger partial charge is 0.251 e. The Morgan fingerprint density at radius 1 is 0.941 bits per heavy atom. The molecule has 0 aromatic heterocycles. The molecule has 4 nitrogen and oxygen atoms in total. The monoisotopic (exact) mass is 466 g/mol. The van der Waals surface area contributed by atoms with Crippen LogP contribution in [0.2, 0.25) is 0 Å². The molecule has 188 valence electrons. The lowest BCUT2D eigenvalue weighted by Gasteiger charge is -2.62. The number of aliphatic hydroxyl groups is 1. The molecule has 4 fully saturated rings. The molecule has 1 aromatic carbocycles. The fraction of sp³-hybridized carbons (Fsp3) is 0.767. The summed E-state index contributed by atoms with van der Waals surface area (Å²) in [6.45, 7) is 7.54. The minimum absolute atomic E-state index is 0.0534. The molecule has 10 atom stereocenters. The number of nitrogens with one attached hydrogen (secondary N) is 1. The minimum atomic E-state index is -0.439. The maximum absolute atomic E-state index is 12.8. The van der Waals surface area contributed by atoms with E-state index >= 15 is 0 Å². The van der Waals surface area contributed by atoms with Gasteiger partial charge < -0.3 is 15.3 Å². The van der Waals surface area contributed by atoms with Crippen LogP contribution >= 0.6 is 0 Å². The van der Waals surface area contributed by atoms with Gasteiger partial charge in [0.1, 0.15) is 0 Å². The van der Waals surface area contributed by atoms with Crippen molar-refractivity contribution < 1.29 is 9.90 Å². The zero-order chi connectivity index (χ0) is 24.3. The molecule has 0 heterocycles. The molecule has 0 aliphatic heterocycles. The first-order valence-corrected chi connectivity index (χ1v) is 13.9. The van der Waals surface area contributed by atoms with Crippen molar-refractivity contribution >= 4 is 5.91 Å². The normalized spacial score (nSPS) is 44.6. The third-order valence-electron chi connectivity index (χ3n) is 11.6. The van der Waals surface area contributed by atoms with Gasteiger partial charge in [0.05, 0.1) is 12.1 Å². The molecule has 4 heteroatoms. The second-order valence-electron chi connectivity index (χ2n) is 13.0. The van der Waals surface area contributed by atoms with Crippen molar-refractivity contribution in [3.8, 4) is 0 Å². The molecule has 4 saturated carbocycles. The Morgan fingerprint density at radius 3 is 2.29 bits per heavy atom. The number of hydrogen-bond acceptors (Lipinski definition) is 3. The van der Waals surface area contributed by atoms with Gasteiger partial charge in [-0.05, 0) is 125 Å². The van der Waals surface area contributed by atoms with E-state index in [1.54, 1.807) is 0 Å². The predicted octanol–water partition coefficient (Wildman–Crippen LogP) is 5.36. The van der Waals surface area contributed by atoms with Gasteiger partial charge in [0, 0.05) is 11.6 Å². The minimum Gasteiger partial charge on any atom is -0.391 e. The first kappa shape index (κ1) is 24.3. The quantitative estimate of drug-likeness (QED) is 0.628. The van der Waals surface area contributed by atoms with Crippen molar-refractivity contribution in [2.24, 2.45) is 40.4 Å². The van der Waals surface area contributed by atoms with Crippen molar-refractivity contribution in [2.75, 3.05) is 14.1 Å². The first-order valence-electron chi connectivity index (χ1n) is 13.9. The van der Waals surface area contributed by atoms with Crippen LogP contribution in [0.25, 0.3) is 0 Å². The number of carbonyl (C=O) groups excluding carboxylic acids is 1. The highest BCUT2D eigenvalue weighted by atomic mass is 16.3. The standard InChI is InChI=1S/C30H46N2O2/c1-19(32(4)5)22-13-14-23-21-11-12-25-27(33)26(31-28(34)20-9-7-6-8-10-20)16-18-30(25,3)24(21)15-17-29(22,23)2/h6-10,19,21-27,33H,11-18H2,1-5H3,(H,31,34)/t19-,21-,22+,23-,24-,25-,26+,27-,29+,30+/m0/s1. The van der Waals surface area contributed by atoms with Gasteiger partial charge in [-0.2, -0.15) is 0 Å². The maximum atomic E-state index is 12.8. The van der Waals surface area contributed by atoms with Crippen LogP contribution in [0.1, 0.15) is 82.5 Å². The summed E-state index contributed by atoms with van der Waals surface area (Å²) in [6, 6.07) is 9.94. The van der Waals surface area contributed by atoms with Gasteiger partial charge in [-0.1, -0.05) is 32.0 Å². The Balaban J connectivity index is 1.31. The topological polar surface area (TPSA) is 52.6 Å². The number of hydrogen-bond donors (Lipinski definition) is 2. The number of aliphatic hydroxyl groups excluding tert-OH is 1. The first-order chi connectivity index (χ1) is 16.2. The summed E-state index contributed by atoms with van der Waals surface area (Å²) in [4.78, 5) is 15.2. The third-order valence-corrected chi connectivity index (χ3v) is 11.6. The van der Waals surface area contributed by atoms with Crippen LogP contribution in [0.15, 0.2) is 30.3 Å². The Bertz CT molecular complexity index is 887. The SMILES string of the molecule is C[C@@H]([C@H]1CC[C@H]2[C@@H]3CC[C@H]4[C@H](O)[C@H](NC(=O)c5ccccc5)CC[C@]4(C)[C@H]3CC[C@]12C)N(C)C. The van der Waals surface area contributed by atoms with E-state index in [4.69, 9.17) is 0 Å². The van der Waals surface area contributed by atoms with Crippen LogP contribution in [0, 0.1) is 40.4 Å². The molecule has 4 aliphatic carbocycles. The molecular weight excluding hydrogens is 420 g/mol. The number of benzene rings is 1. The predicted molar refractivity (Wildman–Crippen MR) is 137 cm³/mol. The zero-order valence-corrected chi connectivity index (χ0v) is 22.0. The van der Waals surface area contributed by atoms with E-state index in [1.165, 1.54) is 32.1 Å². The largest absolute Gasteiger partial charge is 0.391 e. The Morgan fingerprint density at radius 2 is 1.59 bits per heavy atom. The van der Waals surface area contributed by atoms with Gasteiger partial charge in [-0.3, -0.25) is 4.79 Å². The van der Waals surface area contributed by atoms with E-state index in [2.05, 4.69) is 45.1 Å². The van der Waals surface area contributed by atoms with Crippen LogP contribution in [-0.4, -0.2) is 48.2 Å². The fourth-order valence-corrected chi connectivity index (χ4v) is 9.53. The van der Waals surface area contributed by atoms with E-state index in [1.807, 2.05) is 30.3 Å². The van der Waals surface area contributed by atoms with Crippen molar-refractivity contribution in [1.82, 2.24) is 10.2 Å². The lowest BCUT2D eigenvalue weighted by molar-refractivity contribution is -0.152. The summed E-state index contributed by atoms with van der Waals surface area (Å²) >= 11 is 0. The van der Waals surface area contributed by atoms with E-state index in [-0.39, 0.29) is 17.4 Å². The second-order valence-corrected chi connectivity index (χ2v) is 13.0. The summed E-state index contributed by atoms with van der Waals surface area (Å²) in [6.07, 6.45) is 9.35. The molecule has 4 aliphatic rings. The molecule has 2 N–H and O–H groups in total. The summed E-state index contributed by atoms with van der Waals surface area (Å²) < 4.78 is 0. The van der Waals surface area contributed by atoms with Crippen molar-refractivity contribution in [3.05, 3.63) is 35.9 Å². The molecule has 5 rings (SSSR count). The highest BCUT2D eigenvalue weighted by Gasteiger charge is 2.62. The highest BCUT2D eigenvalue weighted by Crippen LogP contribution is 2.67. The summed E-state index contributed by atoms with van der Waals surface area (Å²) in [5, 5.41) is 14.7. The third kappa shape index (κ3) is 3.75. The number of carbonyl (C=O) groups is 1. The molecular formula is C30H46N2O2. The highest BCUT2D eigenvalue weighted by molar-refractivity contribution is 5.94. The van der Waals surface area contributed by atoms with Gasteiger partial charge in [-0.15, -0.1) is 0 Å².